The number of anilines is 1. The number of aryl methyl sites for hydroxylation is 1. The summed E-state index contributed by atoms with van der Waals surface area (Å²) in [4.78, 5) is 24.7. The zero-order chi connectivity index (χ0) is 19.3. The predicted molar refractivity (Wildman–Crippen MR) is 102 cm³/mol. The Morgan fingerprint density at radius 2 is 2.04 bits per heavy atom. The maximum Gasteiger partial charge on any atom is 0.350 e. The molecule has 1 heterocycles. The first-order valence-electron chi connectivity index (χ1n) is 7.97. The molecular weight excluding hydrogens is 354 g/mol. The Labute approximate surface area is 156 Å². The van der Waals surface area contributed by atoms with Crippen LogP contribution in [-0.4, -0.2) is 30.2 Å². The molecule has 0 saturated heterocycles. The molecule has 0 atom stereocenters. The summed E-state index contributed by atoms with van der Waals surface area (Å²) in [5.74, 6) is -0.492. The average molecular weight is 375 g/mol. The summed E-state index contributed by atoms with van der Waals surface area (Å²) in [7, 11) is 1.45. The first kappa shape index (κ1) is 19.5. The van der Waals surface area contributed by atoms with Crippen molar-refractivity contribution in [2.45, 2.75) is 26.9 Å². The van der Waals surface area contributed by atoms with Gasteiger partial charge in [0, 0.05) is 6.08 Å². The van der Waals surface area contributed by atoms with Crippen molar-refractivity contribution in [1.82, 2.24) is 0 Å². The molecule has 0 aliphatic rings. The Balaban J connectivity index is 2.13. The van der Waals surface area contributed by atoms with Gasteiger partial charge in [-0.15, -0.1) is 11.3 Å². The average Bonchev–Trinajstić information content (AvgIpc) is 2.94. The fourth-order valence-corrected chi connectivity index (χ4v) is 3.04. The van der Waals surface area contributed by atoms with Crippen LogP contribution in [0.25, 0.3) is 6.08 Å². The van der Waals surface area contributed by atoms with Crippen molar-refractivity contribution in [2.75, 3.05) is 12.4 Å². The number of carbonyl (C=O) groups is 2. The molecule has 0 saturated carbocycles. The third-order valence-electron chi connectivity index (χ3n) is 3.38. The Kier molecular flexibility index (Phi) is 6.41. The Morgan fingerprint density at radius 1 is 1.31 bits per heavy atom. The van der Waals surface area contributed by atoms with E-state index in [0.29, 0.717) is 21.9 Å². The quantitative estimate of drug-likeness (QED) is 0.589. The van der Waals surface area contributed by atoms with Gasteiger partial charge in [-0.3, -0.25) is 4.79 Å². The van der Waals surface area contributed by atoms with Crippen molar-refractivity contribution in [2.24, 2.45) is 0 Å². The first-order chi connectivity index (χ1) is 12.3. The molecule has 0 unspecified atom stereocenters. The second kappa shape index (κ2) is 8.53. The van der Waals surface area contributed by atoms with Gasteiger partial charge in [0.1, 0.15) is 4.88 Å². The van der Waals surface area contributed by atoms with Crippen LogP contribution in [0.2, 0.25) is 0 Å². The van der Waals surface area contributed by atoms with Gasteiger partial charge in [0.2, 0.25) is 5.91 Å². The number of carbonyl (C=O) groups excluding carboxylic acids is 2. The van der Waals surface area contributed by atoms with Gasteiger partial charge >= 0.3 is 5.97 Å². The van der Waals surface area contributed by atoms with Crippen LogP contribution >= 0.6 is 11.3 Å². The van der Waals surface area contributed by atoms with E-state index in [-0.39, 0.29) is 17.8 Å². The van der Waals surface area contributed by atoms with Crippen LogP contribution in [-0.2, 0) is 9.53 Å². The second-order valence-corrected chi connectivity index (χ2v) is 6.71. The molecule has 6 nitrogen and oxygen atoms in total. The van der Waals surface area contributed by atoms with Gasteiger partial charge in [0.05, 0.1) is 18.9 Å². The fourth-order valence-electron chi connectivity index (χ4n) is 2.15. The summed E-state index contributed by atoms with van der Waals surface area (Å²) in [6.45, 7) is 5.35. The van der Waals surface area contributed by atoms with E-state index < -0.39 is 5.97 Å². The normalized spacial score (nSPS) is 11.0. The number of rotatable bonds is 6. The number of amides is 1. The molecule has 0 fully saturated rings. The lowest BCUT2D eigenvalue weighted by Crippen LogP contribution is -2.15. The molecule has 1 amide bonds. The molecule has 138 valence electrons. The molecule has 7 heteroatoms. The third kappa shape index (κ3) is 4.86. The van der Waals surface area contributed by atoms with Gasteiger partial charge in [-0.05, 0) is 55.5 Å². The van der Waals surface area contributed by atoms with Gasteiger partial charge < -0.3 is 19.9 Å². The number of thiophene rings is 1. The third-order valence-corrected chi connectivity index (χ3v) is 4.46. The number of esters is 1. The molecule has 1 aromatic carbocycles. The Hall–Kier alpha value is -2.80. The second-order valence-electron chi connectivity index (χ2n) is 5.83. The zero-order valence-electron chi connectivity index (χ0n) is 15.0. The summed E-state index contributed by atoms with van der Waals surface area (Å²) >= 11 is 1.23. The summed E-state index contributed by atoms with van der Waals surface area (Å²) < 4.78 is 10.2. The minimum atomic E-state index is -0.458. The number of methoxy groups -OCH3 is 1. The molecule has 0 spiro atoms. The highest BCUT2D eigenvalue weighted by molar-refractivity contribution is 7.12. The lowest BCUT2D eigenvalue weighted by atomic mass is 10.2. The number of phenolic OH excluding ortho intramolecular Hbond substituents is 1. The number of benzene rings is 1. The van der Waals surface area contributed by atoms with E-state index in [0.717, 1.165) is 5.56 Å². The number of hydrogen-bond donors (Lipinski definition) is 2. The lowest BCUT2D eigenvalue weighted by Gasteiger charge is -2.09. The van der Waals surface area contributed by atoms with Gasteiger partial charge in [0.25, 0.3) is 0 Å². The van der Waals surface area contributed by atoms with Gasteiger partial charge in [0.15, 0.2) is 11.5 Å². The smallest absolute Gasteiger partial charge is 0.350 e. The number of nitrogens with one attached hydrogen (secondary N) is 1. The predicted octanol–water partition coefficient (Wildman–Crippen LogP) is 3.99. The molecule has 26 heavy (non-hydrogen) atoms. The maximum absolute atomic E-state index is 12.2. The number of hydrogen-bond acceptors (Lipinski definition) is 6. The maximum atomic E-state index is 12.2. The monoisotopic (exact) mass is 375 g/mol. The van der Waals surface area contributed by atoms with E-state index in [2.05, 4.69) is 5.32 Å². The highest BCUT2D eigenvalue weighted by Crippen LogP contribution is 2.29. The van der Waals surface area contributed by atoms with Gasteiger partial charge in [-0.25, -0.2) is 4.79 Å². The topological polar surface area (TPSA) is 84.9 Å². The van der Waals surface area contributed by atoms with E-state index in [4.69, 9.17) is 9.47 Å². The van der Waals surface area contributed by atoms with Crippen molar-refractivity contribution >= 4 is 35.0 Å². The molecule has 2 N–H and O–H groups in total. The summed E-state index contributed by atoms with van der Waals surface area (Å²) in [6, 6.07) is 4.75. The Bertz CT molecular complexity index is 838. The molecule has 2 aromatic rings. The summed E-state index contributed by atoms with van der Waals surface area (Å²) in [6.07, 6.45) is 2.70. The van der Waals surface area contributed by atoms with E-state index in [1.54, 1.807) is 37.4 Å². The SMILES string of the molecule is COc1cc(/C=C/C(=O)Nc2c(C)csc2C(=O)OC(C)C)ccc1O. The van der Waals surface area contributed by atoms with Crippen molar-refractivity contribution in [1.29, 1.82) is 0 Å². The van der Waals surface area contributed by atoms with Crippen LogP contribution < -0.4 is 10.1 Å². The molecule has 0 radical (unpaired) electrons. The highest BCUT2D eigenvalue weighted by atomic mass is 32.1. The molecule has 1 aromatic heterocycles. The zero-order valence-corrected chi connectivity index (χ0v) is 15.8. The minimum absolute atomic E-state index is 0.0244. The van der Waals surface area contributed by atoms with E-state index in [9.17, 15) is 14.7 Å². The first-order valence-corrected chi connectivity index (χ1v) is 8.85. The van der Waals surface area contributed by atoms with Crippen molar-refractivity contribution in [3.8, 4) is 11.5 Å². The van der Waals surface area contributed by atoms with Crippen LogP contribution in [0.1, 0.15) is 34.6 Å². The highest BCUT2D eigenvalue weighted by Gasteiger charge is 2.19. The summed E-state index contributed by atoms with van der Waals surface area (Å²) in [5.41, 5.74) is 1.94. The molecule has 0 bridgehead atoms. The molecule has 0 aliphatic heterocycles. The Morgan fingerprint density at radius 3 is 2.69 bits per heavy atom. The van der Waals surface area contributed by atoms with Gasteiger partial charge in [-0.1, -0.05) is 6.07 Å². The number of ether oxygens (including phenoxy) is 2. The largest absolute Gasteiger partial charge is 0.504 e. The minimum Gasteiger partial charge on any atom is -0.504 e. The van der Waals surface area contributed by atoms with Crippen LogP contribution in [0.5, 0.6) is 11.5 Å². The van der Waals surface area contributed by atoms with Crippen LogP contribution in [0.3, 0.4) is 0 Å². The number of phenols is 1. The van der Waals surface area contributed by atoms with Crippen LogP contribution in [0.15, 0.2) is 29.7 Å². The van der Waals surface area contributed by atoms with E-state index in [1.165, 1.54) is 30.6 Å². The van der Waals surface area contributed by atoms with Crippen molar-refractivity contribution < 1.29 is 24.2 Å². The molecular formula is C19H21NO5S. The van der Waals surface area contributed by atoms with Crippen molar-refractivity contribution in [3.05, 3.63) is 45.7 Å². The standard InChI is InChI=1S/C19H21NO5S/c1-11(2)25-19(23)18-17(12(3)10-26-18)20-16(22)8-6-13-5-7-14(21)15(9-13)24-4/h5-11,21H,1-4H3,(H,20,22)/b8-6+. The van der Waals surface area contributed by atoms with Gasteiger partial charge in [-0.2, -0.15) is 0 Å². The van der Waals surface area contributed by atoms with Crippen molar-refractivity contribution in [3.63, 3.8) is 0 Å². The van der Waals surface area contributed by atoms with E-state index >= 15 is 0 Å². The molecule has 2 rings (SSSR count). The summed E-state index contributed by atoms with van der Waals surface area (Å²) in [5, 5.41) is 14.1. The number of aromatic hydroxyl groups is 1. The lowest BCUT2D eigenvalue weighted by molar-refractivity contribution is -0.111. The molecule has 0 aliphatic carbocycles. The van der Waals surface area contributed by atoms with E-state index in [1.807, 2.05) is 6.92 Å². The van der Waals surface area contributed by atoms with Crippen LogP contribution in [0, 0.1) is 6.92 Å². The fraction of sp³-hybridized carbons (Fsp3) is 0.263. The van der Waals surface area contributed by atoms with Crippen LogP contribution in [0.4, 0.5) is 5.69 Å².